The predicted molar refractivity (Wildman–Crippen MR) is 88.1 cm³/mol. The van der Waals surface area contributed by atoms with E-state index in [0.717, 1.165) is 24.6 Å². The second-order valence-electron chi connectivity index (χ2n) is 6.41. The van der Waals surface area contributed by atoms with Crippen LogP contribution in [0.2, 0.25) is 0 Å². The average Bonchev–Trinajstić information content (AvgIpc) is 2.49. The van der Waals surface area contributed by atoms with Crippen LogP contribution in [0.3, 0.4) is 0 Å². The Bertz CT molecular complexity index is 435. The summed E-state index contributed by atoms with van der Waals surface area (Å²) >= 11 is 0. The molecule has 21 heavy (non-hydrogen) atoms. The molecule has 3 N–H and O–H groups in total. The summed E-state index contributed by atoms with van der Waals surface area (Å²) in [6.07, 6.45) is 8.51. The van der Waals surface area contributed by atoms with Crippen LogP contribution in [-0.2, 0) is 4.79 Å². The maximum atomic E-state index is 12.0. The lowest BCUT2D eigenvalue weighted by molar-refractivity contribution is -0.121. The van der Waals surface area contributed by atoms with Gasteiger partial charge in [0.25, 0.3) is 0 Å². The number of carbonyl (C=O) groups excluding carboxylic acids is 1. The molecule has 2 rings (SSSR count). The fourth-order valence-corrected chi connectivity index (χ4v) is 3.18. The van der Waals surface area contributed by atoms with Crippen molar-refractivity contribution in [2.45, 2.75) is 57.8 Å². The van der Waals surface area contributed by atoms with Gasteiger partial charge in [-0.05, 0) is 36.0 Å². The minimum atomic E-state index is 0.162. The maximum absolute atomic E-state index is 12.0. The van der Waals surface area contributed by atoms with Gasteiger partial charge in [-0.2, -0.15) is 0 Å². The van der Waals surface area contributed by atoms with Gasteiger partial charge in [-0.25, -0.2) is 0 Å². The second-order valence-corrected chi connectivity index (χ2v) is 6.41. The monoisotopic (exact) mass is 288 g/mol. The first kappa shape index (κ1) is 15.9. The number of nitrogens with one attached hydrogen (secondary N) is 1. The number of nitrogens with two attached hydrogens (primary N) is 1. The molecule has 0 aliphatic heterocycles. The van der Waals surface area contributed by atoms with Crippen LogP contribution in [0.1, 0.15) is 63.4 Å². The lowest BCUT2D eigenvalue weighted by Gasteiger charge is -2.21. The third kappa shape index (κ3) is 5.41. The number of hydrogen-bond acceptors (Lipinski definition) is 2. The summed E-state index contributed by atoms with van der Waals surface area (Å²) in [4.78, 5) is 12.0. The van der Waals surface area contributed by atoms with Gasteiger partial charge in [-0.3, -0.25) is 4.79 Å². The van der Waals surface area contributed by atoms with E-state index >= 15 is 0 Å². The van der Waals surface area contributed by atoms with Gasteiger partial charge in [0.15, 0.2) is 0 Å². The molecule has 116 valence electrons. The van der Waals surface area contributed by atoms with Crippen molar-refractivity contribution < 1.29 is 4.79 Å². The van der Waals surface area contributed by atoms with Crippen molar-refractivity contribution >= 4 is 11.6 Å². The van der Waals surface area contributed by atoms with E-state index in [4.69, 9.17) is 5.73 Å². The summed E-state index contributed by atoms with van der Waals surface area (Å²) in [6, 6.07) is 7.81. The topological polar surface area (TPSA) is 55.1 Å². The zero-order valence-electron chi connectivity index (χ0n) is 13.1. The quantitative estimate of drug-likeness (QED) is 0.781. The minimum Gasteiger partial charge on any atom is -0.399 e. The van der Waals surface area contributed by atoms with Gasteiger partial charge >= 0.3 is 0 Å². The number of hydrogen-bond donors (Lipinski definition) is 2. The number of nitrogen functional groups attached to an aromatic ring is 1. The van der Waals surface area contributed by atoms with Gasteiger partial charge in [0.05, 0.1) is 0 Å². The van der Waals surface area contributed by atoms with Gasteiger partial charge in [-0.15, -0.1) is 0 Å². The molecule has 3 heteroatoms. The fraction of sp³-hybridized carbons (Fsp3) is 0.611. The Hall–Kier alpha value is -1.51. The SMILES string of the molecule is CC(CC(=O)NCCC1CCCCC1)c1ccc(N)cc1. The van der Waals surface area contributed by atoms with Crippen LogP contribution >= 0.6 is 0 Å². The molecule has 0 spiro atoms. The summed E-state index contributed by atoms with van der Waals surface area (Å²) in [5.74, 6) is 1.23. The van der Waals surface area contributed by atoms with E-state index in [-0.39, 0.29) is 11.8 Å². The van der Waals surface area contributed by atoms with E-state index in [1.165, 1.54) is 37.7 Å². The third-order valence-corrected chi connectivity index (χ3v) is 4.60. The molecule has 0 radical (unpaired) electrons. The highest BCUT2D eigenvalue weighted by atomic mass is 16.1. The first-order valence-corrected chi connectivity index (χ1v) is 8.27. The lowest BCUT2D eigenvalue weighted by Crippen LogP contribution is -2.27. The van der Waals surface area contributed by atoms with Crippen LogP contribution in [0.15, 0.2) is 24.3 Å². The van der Waals surface area contributed by atoms with Gasteiger partial charge in [-0.1, -0.05) is 51.2 Å². The van der Waals surface area contributed by atoms with E-state index in [1.54, 1.807) is 0 Å². The minimum absolute atomic E-state index is 0.162. The van der Waals surface area contributed by atoms with Crippen molar-refractivity contribution in [1.82, 2.24) is 5.32 Å². The molecule has 0 saturated heterocycles. The van der Waals surface area contributed by atoms with Crippen LogP contribution in [0.5, 0.6) is 0 Å². The molecule has 1 amide bonds. The van der Waals surface area contributed by atoms with Crippen LogP contribution in [0.4, 0.5) is 5.69 Å². The Morgan fingerprint density at radius 3 is 2.57 bits per heavy atom. The number of amides is 1. The smallest absolute Gasteiger partial charge is 0.220 e. The Morgan fingerprint density at radius 1 is 1.24 bits per heavy atom. The summed E-state index contributed by atoms with van der Waals surface area (Å²) in [5, 5.41) is 3.08. The third-order valence-electron chi connectivity index (χ3n) is 4.60. The van der Waals surface area contributed by atoms with Crippen molar-refractivity contribution in [3.63, 3.8) is 0 Å². The zero-order valence-corrected chi connectivity index (χ0v) is 13.1. The van der Waals surface area contributed by atoms with Crippen LogP contribution in [-0.4, -0.2) is 12.5 Å². The van der Waals surface area contributed by atoms with Crippen LogP contribution in [0, 0.1) is 5.92 Å². The van der Waals surface area contributed by atoms with Crippen molar-refractivity contribution in [3.8, 4) is 0 Å². The standard InChI is InChI=1S/C18H28N2O/c1-14(16-7-9-17(19)10-8-16)13-18(21)20-12-11-15-5-3-2-4-6-15/h7-10,14-15H,2-6,11-13,19H2,1H3,(H,20,21). The zero-order chi connectivity index (χ0) is 15.1. The summed E-state index contributed by atoms with van der Waals surface area (Å²) in [6.45, 7) is 2.92. The summed E-state index contributed by atoms with van der Waals surface area (Å²) in [5.41, 5.74) is 7.62. The largest absolute Gasteiger partial charge is 0.399 e. The van der Waals surface area contributed by atoms with Crippen molar-refractivity contribution in [3.05, 3.63) is 29.8 Å². The molecule has 1 aromatic carbocycles. The molecule has 1 aliphatic carbocycles. The molecule has 1 aliphatic rings. The molecule has 0 bridgehead atoms. The van der Waals surface area contributed by atoms with Crippen molar-refractivity contribution in [1.29, 1.82) is 0 Å². The number of carbonyl (C=O) groups is 1. The summed E-state index contributed by atoms with van der Waals surface area (Å²) in [7, 11) is 0. The Labute approximate surface area is 128 Å². The number of anilines is 1. The molecule has 1 unspecified atom stereocenters. The highest BCUT2D eigenvalue weighted by Gasteiger charge is 2.14. The lowest BCUT2D eigenvalue weighted by atomic mass is 9.87. The van der Waals surface area contributed by atoms with E-state index in [0.29, 0.717) is 6.42 Å². The molecular formula is C18H28N2O. The van der Waals surface area contributed by atoms with E-state index in [9.17, 15) is 4.79 Å². The molecular weight excluding hydrogens is 260 g/mol. The van der Waals surface area contributed by atoms with E-state index < -0.39 is 0 Å². The van der Waals surface area contributed by atoms with Crippen molar-refractivity contribution in [2.24, 2.45) is 5.92 Å². The molecule has 3 nitrogen and oxygen atoms in total. The molecule has 1 saturated carbocycles. The van der Waals surface area contributed by atoms with E-state index in [2.05, 4.69) is 12.2 Å². The predicted octanol–water partition coefficient (Wildman–Crippen LogP) is 3.85. The maximum Gasteiger partial charge on any atom is 0.220 e. The molecule has 1 aromatic rings. The molecule has 1 atom stereocenters. The van der Waals surface area contributed by atoms with Gasteiger partial charge in [0.1, 0.15) is 0 Å². The summed E-state index contributed by atoms with van der Waals surface area (Å²) < 4.78 is 0. The number of benzene rings is 1. The second kappa shape index (κ2) is 8.06. The van der Waals surface area contributed by atoms with Crippen LogP contribution in [0.25, 0.3) is 0 Å². The highest BCUT2D eigenvalue weighted by molar-refractivity contribution is 5.76. The fourth-order valence-electron chi connectivity index (χ4n) is 3.18. The molecule has 1 fully saturated rings. The molecule has 0 aromatic heterocycles. The normalized spacial score (nSPS) is 17.4. The van der Waals surface area contributed by atoms with Crippen molar-refractivity contribution in [2.75, 3.05) is 12.3 Å². The van der Waals surface area contributed by atoms with E-state index in [1.807, 2.05) is 24.3 Å². The first-order chi connectivity index (χ1) is 10.1. The van der Waals surface area contributed by atoms with Gasteiger partial charge in [0.2, 0.25) is 5.91 Å². The van der Waals surface area contributed by atoms with Gasteiger partial charge < -0.3 is 11.1 Å². The first-order valence-electron chi connectivity index (χ1n) is 8.27. The Morgan fingerprint density at radius 2 is 1.90 bits per heavy atom. The highest BCUT2D eigenvalue weighted by Crippen LogP contribution is 2.25. The number of rotatable bonds is 6. The van der Waals surface area contributed by atoms with Crippen LogP contribution < -0.4 is 11.1 Å². The average molecular weight is 288 g/mol. The van der Waals surface area contributed by atoms with Gasteiger partial charge in [0, 0.05) is 18.7 Å². The molecule has 0 heterocycles. The Kier molecular flexibility index (Phi) is 6.09. The Balaban J connectivity index is 1.67.